The van der Waals surface area contributed by atoms with Crippen LogP contribution in [0.5, 0.6) is 0 Å². The van der Waals surface area contributed by atoms with Gasteiger partial charge in [-0.25, -0.2) is 0 Å². The van der Waals surface area contributed by atoms with Crippen LogP contribution in [0, 0.1) is 13.8 Å². The number of para-hydroxylation sites is 1. The summed E-state index contributed by atoms with van der Waals surface area (Å²) in [6.45, 7) is 4.19. The molecule has 0 bridgehead atoms. The van der Waals surface area contributed by atoms with E-state index in [4.69, 9.17) is 4.74 Å². The molecule has 1 aliphatic rings. The zero-order chi connectivity index (χ0) is 19.6. The van der Waals surface area contributed by atoms with Crippen molar-refractivity contribution >= 4 is 32.6 Å². The molecule has 0 spiro atoms. The molecule has 28 heavy (non-hydrogen) atoms. The van der Waals surface area contributed by atoms with Crippen molar-refractivity contribution in [1.82, 2.24) is 4.98 Å². The molecular weight excluding hydrogens is 356 g/mol. The Morgan fingerprint density at radius 3 is 2.57 bits per heavy atom. The highest BCUT2D eigenvalue weighted by molar-refractivity contribution is 6.16. The highest BCUT2D eigenvalue weighted by atomic mass is 16.5. The van der Waals surface area contributed by atoms with Gasteiger partial charge in [0.2, 0.25) is 0 Å². The number of aliphatic hydroxyl groups excluding tert-OH is 3. The second kappa shape index (κ2) is 6.25. The summed E-state index contributed by atoms with van der Waals surface area (Å²) in [7, 11) is 0. The van der Waals surface area contributed by atoms with E-state index in [0.717, 1.165) is 27.4 Å². The maximum absolute atomic E-state index is 10.4. The molecular formula is C22H23N2O4+. The summed E-state index contributed by atoms with van der Waals surface area (Å²) in [5, 5.41) is 34.7. The molecule has 0 radical (unpaired) electrons. The molecule has 4 atom stereocenters. The van der Waals surface area contributed by atoms with Gasteiger partial charge in [0.1, 0.15) is 12.2 Å². The number of H-pyrrole nitrogens is 1. The average Bonchev–Trinajstić information content (AvgIpc) is 3.10. The summed E-state index contributed by atoms with van der Waals surface area (Å²) >= 11 is 0. The van der Waals surface area contributed by atoms with Crippen molar-refractivity contribution in [3.8, 4) is 0 Å². The van der Waals surface area contributed by atoms with E-state index >= 15 is 0 Å². The van der Waals surface area contributed by atoms with E-state index < -0.39 is 24.5 Å². The third-order valence-electron chi connectivity index (χ3n) is 6.01. The quantitative estimate of drug-likeness (QED) is 0.381. The number of pyridine rings is 1. The summed E-state index contributed by atoms with van der Waals surface area (Å²) in [5.41, 5.74) is 4.55. The topological polar surface area (TPSA) is 89.6 Å². The van der Waals surface area contributed by atoms with Crippen molar-refractivity contribution < 1.29 is 24.6 Å². The molecule has 1 saturated heterocycles. The largest absolute Gasteiger partial charge is 0.388 e. The Kier molecular flexibility index (Phi) is 3.93. The number of hydrogen-bond donors (Lipinski definition) is 4. The van der Waals surface area contributed by atoms with Crippen LogP contribution in [-0.4, -0.2) is 45.2 Å². The molecule has 3 heterocycles. The fourth-order valence-electron chi connectivity index (χ4n) is 4.43. The number of nitrogens with zero attached hydrogens (tertiary/aromatic N) is 1. The van der Waals surface area contributed by atoms with E-state index in [-0.39, 0.29) is 6.61 Å². The van der Waals surface area contributed by atoms with Crippen LogP contribution in [0.2, 0.25) is 0 Å². The van der Waals surface area contributed by atoms with E-state index in [2.05, 4.69) is 31.0 Å². The number of ether oxygens (including phenoxy) is 1. The number of aryl methyl sites for hydroxylation is 2. The predicted molar refractivity (Wildman–Crippen MR) is 106 cm³/mol. The normalized spacial score (nSPS) is 25.8. The third-order valence-corrected chi connectivity index (χ3v) is 6.01. The van der Waals surface area contributed by atoms with E-state index in [1.165, 1.54) is 16.3 Å². The third kappa shape index (κ3) is 2.39. The van der Waals surface area contributed by atoms with Gasteiger partial charge >= 0.3 is 0 Å². The highest BCUT2D eigenvalue weighted by Gasteiger charge is 2.43. The zero-order valence-electron chi connectivity index (χ0n) is 15.8. The molecule has 2 aromatic carbocycles. The molecule has 6 nitrogen and oxygen atoms in total. The number of aromatic amines is 1. The molecule has 1 aliphatic heterocycles. The molecule has 5 rings (SSSR count). The number of aliphatic hydroxyl groups is 3. The van der Waals surface area contributed by atoms with Gasteiger partial charge in [-0.2, -0.15) is 4.57 Å². The van der Waals surface area contributed by atoms with Crippen LogP contribution < -0.4 is 4.57 Å². The van der Waals surface area contributed by atoms with Crippen molar-refractivity contribution in [3.05, 3.63) is 53.9 Å². The summed E-state index contributed by atoms with van der Waals surface area (Å²) in [6, 6.07) is 10.3. The van der Waals surface area contributed by atoms with Crippen LogP contribution in [0.1, 0.15) is 17.4 Å². The fourth-order valence-corrected chi connectivity index (χ4v) is 4.43. The molecule has 6 heteroatoms. The number of nitrogens with one attached hydrogen (secondary N) is 1. The number of benzene rings is 2. The fraction of sp³-hybridized carbons (Fsp3) is 0.318. The van der Waals surface area contributed by atoms with Crippen molar-refractivity contribution in [3.63, 3.8) is 0 Å². The zero-order valence-corrected chi connectivity index (χ0v) is 15.8. The molecule has 4 N–H and O–H groups in total. The van der Waals surface area contributed by atoms with Gasteiger partial charge in [0.15, 0.2) is 18.5 Å². The molecule has 0 amide bonds. The van der Waals surface area contributed by atoms with E-state index in [1.807, 2.05) is 30.6 Å². The maximum atomic E-state index is 10.4. The number of rotatable bonds is 1. The lowest BCUT2D eigenvalue weighted by Crippen LogP contribution is -2.58. The van der Waals surface area contributed by atoms with Crippen molar-refractivity contribution in [2.24, 2.45) is 0 Å². The van der Waals surface area contributed by atoms with Crippen LogP contribution in [0.4, 0.5) is 0 Å². The Balaban J connectivity index is 1.74. The van der Waals surface area contributed by atoms with Crippen LogP contribution in [0.25, 0.3) is 32.6 Å². The van der Waals surface area contributed by atoms with Crippen molar-refractivity contribution in [2.45, 2.75) is 38.4 Å². The molecule has 0 aliphatic carbocycles. The van der Waals surface area contributed by atoms with E-state index in [1.54, 1.807) is 4.57 Å². The summed E-state index contributed by atoms with van der Waals surface area (Å²) < 4.78 is 7.39. The van der Waals surface area contributed by atoms with E-state index in [9.17, 15) is 15.3 Å². The van der Waals surface area contributed by atoms with Crippen molar-refractivity contribution in [1.29, 1.82) is 0 Å². The number of fused-ring (bicyclic) bond motifs is 4. The Labute approximate surface area is 161 Å². The minimum Gasteiger partial charge on any atom is -0.388 e. The first-order valence-corrected chi connectivity index (χ1v) is 9.47. The van der Waals surface area contributed by atoms with Gasteiger partial charge in [-0.05, 0) is 36.4 Å². The lowest BCUT2D eigenvalue weighted by atomic mass is 9.96. The lowest BCUT2D eigenvalue weighted by Gasteiger charge is -2.31. The number of hydrogen-bond acceptors (Lipinski definition) is 4. The Hall–Kier alpha value is -2.51. The van der Waals surface area contributed by atoms with Crippen LogP contribution in [0.3, 0.4) is 0 Å². The predicted octanol–water partition coefficient (Wildman–Crippen LogP) is 1.99. The standard InChI is InChI=1S/C22H22N2O4/c1-11-15-9-24(22-21(27)20(26)17(25)10-28-22)8-7-13(15)12(2)19-18(11)14-5-3-4-6-16(14)23-19/h3-9,17,20-22,25-27H,10H2,1-2H3/p+1/t17-,20-,21+,22-/m0/s1. The van der Waals surface area contributed by atoms with Crippen molar-refractivity contribution in [2.75, 3.05) is 6.61 Å². The molecule has 4 aromatic rings. The molecule has 0 unspecified atom stereocenters. The van der Waals surface area contributed by atoms with E-state index in [0.29, 0.717) is 0 Å². The molecule has 144 valence electrons. The van der Waals surface area contributed by atoms with Crippen LogP contribution >= 0.6 is 0 Å². The lowest BCUT2D eigenvalue weighted by molar-refractivity contribution is -0.774. The molecule has 2 aromatic heterocycles. The average molecular weight is 379 g/mol. The van der Waals surface area contributed by atoms with Gasteiger partial charge in [0.25, 0.3) is 6.23 Å². The highest BCUT2D eigenvalue weighted by Crippen LogP contribution is 2.36. The van der Waals surface area contributed by atoms with Gasteiger partial charge < -0.3 is 25.0 Å². The Bertz CT molecular complexity index is 1220. The summed E-state index contributed by atoms with van der Waals surface area (Å²) in [6.07, 6.45) is -0.465. The first-order chi connectivity index (χ1) is 13.5. The summed E-state index contributed by atoms with van der Waals surface area (Å²) in [4.78, 5) is 3.54. The SMILES string of the molecule is Cc1c2cc[n+]([C@H]3OC[C@H](O)[C@H](O)[C@H]3O)cc2c(C)c2c1[nH]c1ccccc12. The monoisotopic (exact) mass is 379 g/mol. The van der Waals surface area contributed by atoms with Crippen LogP contribution in [0.15, 0.2) is 42.7 Å². The van der Waals surface area contributed by atoms with Crippen LogP contribution in [-0.2, 0) is 4.74 Å². The summed E-state index contributed by atoms with van der Waals surface area (Å²) in [5.74, 6) is 0. The number of aromatic nitrogens is 2. The van der Waals surface area contributed by atoms with Gasteiger partial charge in [0, 0.05) is 27.7 Å². The minimum atomic E-state index is -1.24. The second-order valence-electron chi connectivity index (χ2n) is 7.66. The molecule has 0 saturated carbocycles. The van der Waals surface area contributed by atoms with Gasteiger partial charge in [-0.15, -0.1) is 0 Å². The smallest absolute Gasteiger partial charge is 0.291 e. The minimum absolute atomic E-state index is 0.0204. The second-order valence-corrected chi connectivity index (χ2v) is 7.66. The molecule has 1 fully saturated rings. The Morgan fingerprint density at radius 2 is 1.75 bits per heavy atom. The van der Waals surface area contributed by atoms with Gasteiger partial charge in [-0.1, -0.05) is 18.2 Å². The van der Waals surface area contributed by atoms with Gasteiger partial charge in [0.05, 0.1) is 12.1 Å². The first kappa shape index (κ1) is 17.6. The van der Waals surface area contributed by atoms with Gasteiger partial charge in [-0.3, -0.25) is 0 Å². The first-order valence-electron chi connectivity index (χ1n) is 9.47. The maximum Gasteiger partial charge on any atom is 0.291 e. The Morgan fingerprint density at radius 1 is 0.964 bits per heavy atom.